The zero-order chi connectivity index (χ0) is 24.7. The van der Waals surface area contributed by atoms with E-state index in [1.807, 2.05) is 31.2 Å². The molecular weight excluding hydrogens is 501 g/mol. The summed E-state index contributed by atoms with van der Waals surface area (Å²) in [6.07, 6.45) is 4.90. The second kappa shape index (κ2) is 9.61. The van der Waals surface area contributed by atoms with Crippen LogP contribution in [0.3, 0.4) is 0 Å². The van der Waals surface area contributed by atoms with E-state index in [4.69, 9.17) is 33.9 Å². The number of anilines is 1. The zero-order valence-corrected chi connectivity index (χ0v) is 21.4. The number of rotatable bonds is 4. The summed E-state index contributed by atoms with van der Waals surface area (Å²) in [4.78, 5) is 32.2. The average molecular weight is 524 g/mol. The van der Waals surface area contributed by atoms with Crippen molar-refractivity contribution in [2.24, 2.45) is 5.73 Å². The molecule has 0 spiro atoms. The molecule has 0 radical (unpaired) electrons. The highest BCUT2D eigenvalue weighted by molar-refractivity contribution is 7.17. The van der Waals surface area contributed by atoms with Crippen LogP contribution in [0.25, 0.3) is 22.2 Å². The minimum Gasteiger partial charge on any atom is -0.365 e. The second-order valence-corrected chi connectivity index (χ2v) is 10.6. The predicted octanol–water partition coefficient (Wildman–Crippen LogP) is 7.20. The number of pyridine rings is 1. The number of nitrogens with one attached hydrogen (secondary N) is 1. The molecule has 8 heteroatoms. The van der Waals surface area contributed by atoms with Crippen LogP contribution in [0, 0.1) is 6.92 Å². The predicted molar refractivity (Wildman–Crippen MR) is 144 cm³/mol. The Bertz CT molecular complexity index is 1500. The average Bonchev–Trinajstić information content (AvgIpc) is 2.99. The van der Waals surface area contributed by atoms with Gasteiger partial charge in [0.15, 0.2) is 0 Å². The topological polar surface area (TPSA) is 85.1 Å². The van der Waals surface area contributed by atoms with E-state index in [9.17, 15) is 9.59 Å². The maximum absolute atomic E-state index is 13.8. The lowest BCUT2D eigenvalue weighted by Crippen LogP contribution is -2.19. The summed E-state index contributed by atoms with van der Waals surface area (Å²) in [7, 11) is 0. The number of aryl methyl sites for hydroxylation is 1. The first-order valence-corrected chi connectivity index (χ1v) is 13.0. The van der Waals surface area contributed by atoms with E-state index >= 15 is 0 Å². The fourth-order valence-electron chi connectivity index (χ4n) is 4.80. The Kier molecular flexibility index (Phi) is 6.53. The molecule has 5 nitrogen and oxygen atoms in total. The van der Waals surface area contributed by atoms with Crippen LogP contribution < -0.4 is 11.1 Å². The maximum atomic E-state index is 13.8. The molecule has 2 amide bonds. The third kappa shape index (κ3) is 4.42. The number of nitrogens with two attached hydrogens (primary N) is 1. The molecule has 0 aliphatic heterocycles. The van der Waals surface area contributed by atoms with Gasteiger partial charge >= 0.3 is 0 Å². The molecular formula is C27H23Cl2N3O2S. The van der Waals surface area contributed by atoms with Gasteiger partial charge in [-0.1, -0.05) is 47.8 Å². The summed E-state index contributed by atoms with van der Waals surface area (Å²) >= 11 is 14.1. The summed E-state index contributed by atoms with van der Waals surface area (Å²) in [5.41, 5.74) is 10.3. The number of carbonyl (C=O) groups is 2. The number of para-hydroxylation sites is 1. The summed E-state index contributed by atoms with van der Waals surface area (Å²) in [6, 6.07) is 12.7. The van der Waals surface area contributed by atoms with Crippen molar-refractivity contribution in [3.63, 3.8) is 0 Å². The van der Waals surface area contributed by atoms with Gasteiger partial charge in [-0.05, 0) is 68.0 Å². The van der Waals surface area contributed by atoms with Gasteiger partial charge in [-0.3, -0.25) is 9.59 Å². The molecule has 0 atom stereocenters. The van der Waals surface area contributed by atoms with Gasteiger partial charge in [0.25, 0.3) is 11.8 Å². The number of halogens is 2. The molecule has 0 bridgehead atoms. The number of hydrogen-bond acceptors (Lipinski definition) is 4. The van der Waals surface area contributed by atoms with Crippen molar-refractivity contribution in [1.29, 1.82) is 0 Å². The smallest absolute Gasteiger partial charge is 0.257 e. The van der Waals surface area contributed by atoms with Gasteiger partial charge in [0.1, 0.15) is 5.00 Å². The highest BCUT2D eigenvalue weighted by Gasteiger charge is 2.26. The van der Waals surface area contributed by atoms with E-state index in [0.717, 1.165) is 47.9 Å². The molecule has 2 aromatic carbocycles. The van der Waals surface area contributed by atoms with Crippen LogP contribution >= 0.6 is 34.5 Å². The van der Waals surface area contributed by atoms with Crippen molar-refractivity contribution in [3.05, 3.63) is 79.6 Å². The number of primary amides is 1. The third-order valence-electron chi connectivity index (χ3n) is 6.44. The molecule has 2 heterocycles. The van der Waals surface area contributed by atoms with Crippen LogP contribution in [0.1, 0.15) is 56.0 Å². The van der Waals surface area contributed by atoms with Gasteiger partial charge in [-0.25, -0.2) is 4.98 Å². The van der Waals surface area contributed by atoms with E-state index in [0.29, 0.717) is 48.5 Å². The Morgan fingerprint density at radius 2 is 1.80 bits per heavy atom. The lowest BCUT2D eigenvalue weighted by Gasteiger charge is -2.15. The Morgan fingerprint density at radius 1 is 1.03 bits per heavy atom. The number of fused-ring (bicyclic) bond motifs is 2. The van der Waals surface area contributed by atoms with Crippen LogP contribution in [-0.2, 0) is 12.8 Å². The number of thiophene rings is 1. The molecule has 35 heavy (non-hydrogen) atoms. The fraction of sp³-hybridized carbons (Fsp3) is 0.222. The lowest BCUT2D eigenvalue weighted by atomic mass is 9.97. The summed E-state index contributed by atoms with van der Waals surface area (Å²) in [5.74, 6) is -0.823. The molecule has 3 N–H and O–H groups in total. The summed E-state index contributed by atoms with van der Waals surface area (Å²) < 4.78 is 0. The van der Waals surface area contributed by atoms with Gasteiger partial charge in [0.2, 0.25) is 0 Å². The monoisotopic (exact) mass is 523 g/mol. The van der Waals surface area contributed by atoms with Crippen molar-refractivity contribution in [2.75, 3.05) is 5.32 Å². The van der Waals surface area contributed by atoms with Crippen LogP contribution in [0.15, 0.2) is 42.5 Å². The Labute approximate surface area is 217 Å². The molecule has 4 aromatic rings. The highest BCUT2D eigenvalue weighted by Crippen LogP contribution is 2.39. The van der Waals surface area contributed by atoms with Crippen molar-refractivity contribution in [3.8, 4) is 11.3 Å². The van der Waals surface area contributed by atoms with E-state index in [1.54, 1.807) is 18.2 Å². The third-order valence-corrected chi connectivity index (χ3v) is 8.20. The first kappa shape index (κ1) is 23.8. The van der Waals surface area contributed by atoms with Gasteiger partial charge in [-0.15, -0.1) is 11.3 Å². The van der Waals surface area contributed by atoms with E-state index in [-0.39, 0.29) is 5.91 Å². The van der Waals surface area contributed by atoms with Gasteiger partial charge < -0.3 is 11.1 Å². The summed E-state index contributed by atoms with van der Waals surface area (Å²) in [5, 5.41) is 5.22. The first-order valence-electron chi connectivity index (χ1n) is 11.5. The van der Waals surface area contributed by atoms with E-state index < -0.39 is 5.91 Å². The molecule has 0 saturated carbocycles. The molecule has 0 fully saturated rings. The van der Waals surface area contributed by atoms with Crippen LogP contribution in [0.5, 0.6) is 0 Å². The number of benzene rings is 2. The van der Waals surface area contributed by atoms with Crippen molar-refractivity contribution < 1.29 is 9.59 Å². The fourth-order valence-corrected chi connectivity index (χ4v) is 6.59. The standard InChI is InChI=1S/C27H23Cl2N3O2S/c1-14-22(26(34)32-27-23(25(30)33)18-8-3-2-4-10-21(18)35-27)17-7-5-6-9-20(17)31-24(14)16-12-11-15(28)13-19(16)29/h5-7,9,11-13H,2-4,8,10H2,1H3,(H2,30,33)(H,32,34). The molecule has 178 valence electrons. The Hall–Kier alpha value is -2.93. The van der Waals surface area contributed by atoms with E-state index in [2.05, 4.69) is 5.32 Å². The van der Waals surface area contributed by atoms with Crippen molar-refractivity contribution in [2.45, 2.75) is 39.0 Å². The Morgan fingerprint density at radius 3 is 2.57 bits per heavy atom. The highest BCUT2D eigenvalue weighted by atomic mass is 35.5. The molecule has 1 aliphatic rings. The lowest BCUT2D eigenvalue weighted by molar-refractivity contribution is 0.100. The van der Waals surface area contributed by atoms with E-state index in [1.165, 1.54) is 11.3 Å². The van der Waals surface area contributed by atoms with Crippen LogP contribution in [0.2, 0.25) is 10.0 Å². The van der Waals surface area contributed by atoms with Crippen molar-refractivity contribution in [1.82, 2.24) is 4.98 Å². The molecule has 0 unspecified atom stereocenters. The minimum atomic E-state index is -0.510. The van der Waals surface area contributed by atoms with Crippen molar-refractivity contribution >= 4 is 62.3 Å². The SMILES string of the molecule is Cc1c(-c2ccc(Cl)cc2Cl)nc2ccccc2c1C(=O)Nc1sc2c(c1C(N)=O)CCCCC2. The second-order valence-electron chi connectivity index (χ2n) is 8.69. The number of nitrogens with zero attached hydrogens (tertiary/aromatic N) is 1. The number of hydrogen-bond donors (Lipinski definition) is 2. The van der Waals surface area contributed by atoms with Gasteiger partial charge in [0, 0.05) is 20.8 Å². The molecule has 5 rings (SSSR count). The molecule has 1 aliphatic carbocycles. The minimum absolute atomic E-state index is 0.314. The summed E-state index contributed by atoms with van der Waals surface area (Å²) in [6.45, 7) is 1.85. The largest absolute Gasteiger partial charge is 0.365 e. The molecule has 2 aromatic heterocycles. The first-order chi connectivity index (χ1) is 16.8. The Balaban J connectivity index is 1.64. The quantitative estimate of drug-likeness (QED) is 0.277. The number of amides is 2. The van der Waals surface area contributed by atoms with Crippen LogP contribution in [-0.4, -0.2) is 16.8 Å². The molecule has 0 saturated heterocycles. The van der Waals surface area contributed by atoms with Gasteiger partial charge in [0.05, 0.1) is 27.4 Å². The normalized spacial score (nSPS) is 13.3. The number of aromatic nitrogens is 1. The maximum Gasteiger partial charge on any atom is 0.257 e. The zero-order valence-electron chi connectivity index (χ0n) is 19.1. The number of carbonyl (C=O) groups excluding carboxylic acids is 2. The van der Waals surface area contributed by atoms with Crippen LogP contribution in [0.4, 0.5) is 5.00 Å². The van der Waals surface area contributed by atoms with Gasteiger partial charge in [-0.2, -0.15) is 0 Å².